The summed E-state index contributed by atoms with van der Waals surface area (Å²) in [5.41, 5.74) is -0.747. The molecule has 9 nitrogen and oxygen atoms in total. The molecule has 4 amide bonds. The van der Waals surface area contributed by atoms with Crippen LogP contribution in [-0.2, 0) is 19.1 Å². The Morgan fingerprint density at radius 2 is 2.15 bits per heavy atom. The van der Waals surface area contributed by atoms with Gasteiger partial charge in [0.05, 0.1) is 5.69 Å². The summed E-state index contributed by atoms with van der Waals surface area (Å²) in [5, 5.41) is 5.15. The Kier molecular flexibility index (Phi) is 6.73. The van der Waals surface area contributed by atoms with Crippen molar-refractivity contribution in [2.24, 2.45) is 0 Å². The number of rotatable bonds is 8. The van der Waals surface area contributed by atoms with Gasteiger partial charge in [-0.15, -0.1) is 0 Å². The predicted molar refractivity (Wildman–Crippen MR) is 97.0 cm³/mol. The van der Waals surface area contributed by atoms with Gasteiger partial charge in [0.1, 0.15) is 12.1 Å². The van der Waals surface area contributed by atoms with E-state index in [0.717, 1.165) is 17.7 Å². The maximum Gasteiger partial charge on any atom is 0.326 e. The molecule has 10 heteroatoms. The first kappa shape index (κ1) is 20.6. The van der Waals surface area contributed by atoms with Crippen LogP contribution in [0.3, 0.4) is 0 Å². The van der Waals surface area contributed by atoms with Gasteiger partial charge in [0, 0.05) is 6.20 Å². The highest BCUT2D eigenvalue weighted by Crippen LogP contribution is 2.23. The molecule has 1 atom stereocenters. The molecule has 0 spiro atoms. The molecule has 0 aromatic carbocycles. The summed E-state index contributed by atoms with van der Waals surface area (Å²) in [6.45, 7) is 2.46. The minimum Gasteiger partial charge on any atom is -0.454 e. The van der Waals surface area contributed by atoms with E-state index in [9.17, 15) is 19.2 Å². The Bertz CT molecular complexity index is 757. The van der Waals surface area contributed by atoms with Crippen LogP contribution in [0.1, 0.15) is 33.1 Å². The van der Waals surface area contributed by atoms with Crippen molar-refractivity contribution in [3.05, 3.63) is 23.5 Å². The molecule has 1 saturated heterocycles. The highest BCUT2D eigenvalue weighted by atomic mass is 35.5. The number of aromatic nitrogens is 1. The molecule has 1 fully saturated rings. The first-order valence-corrected chi connectivity index (χ1v) is 8.84. The Morgan fingerprint density at radius 3 is 2.81 bits per heavy atom. The molecule has 0 aliphatic carbocycles. The lowest BCUT2D eigenvalue weighted by Crippen LogP contribution is -2.44. The molecule has 27 heavy (non-hydrogen) atoms. The van der Waals surface area contributed by atoms with E-state index in [1.54, 1.807) is 19.1 Å². The number of imide groups is 1. The fourth-order valence-electron chi connectivity index (χ4n) is 2.58. The molecule has 1 aliphatic rings. The standard InChI is InChI=1S/C17H21ClN4O5/c1-3-4-7-17(2)15(25)22(16(26)21-17)9-13(24)27-10-12(23)20-11-6-5-8-19-14(11)18/h5-6,8H,3-4,7,9-10H2,1-2H3,(H,20,23)(H,21,26)/t17-/m1/s1. The van der Waals surface area contributed by atoms with Crippen molar-refractivity contribution in [3.8, 4) is 0 Å². The van der Waals surface area contributed by atoms with E-state index in [1.165, 1.54) is 6.20 Å². The van der Waals surface area contributed by atoms with Gasteiger partial charge in [0.2, 0.25) is 0 Å². The van der Waals surface area contributed by atoms with Crippen LogP contribution < -0.4 is 10.6 Å². The monoisotopic (exact) mass is 396 g/mol. The molecular weight excluding hydrogens is 376 g/mol. The fraction of sp³-hybridized carbons (Fsp3) is 0.471. The van der Waals surface area contributed by atoms with Crippen molar-refractivity contribution in [2.45, 2.75) is 38.6 Å². The SMILES string of the molecule is CCCC[C@@]1(C)NC(=O)N(CC(=O)OCC(=O)Nc2cccnc2Cl)C1=O. The summed E-state index contributed by atoms with van der Waals surface area (Å²) in [7, 11) is 0. The largest absolute Gasteiger partial charge is 0.454 e. The van der Waals surface area contributed by atoms with Crippen molar-refractivity contribution < 1.29 is 23.9 Å². The lowest BCUT2D eigenvalue weighted by atomic mass is 9.95. The van der Waals surface area contributed by atoms with Gasteiger partial charge in [-0.25, -0.2) is 9.78 Å². The molecule has 1 aromatic heterocycles. The molecule has 0 unspecified atom stereocenters. The number of unbranched alkanes of at least 4 members (excludes halogenated alkanes) is 1. The number of esters is 1. The zero-order chi connectivity index (χ0) is 20.0. The van der Waals surface area contributed by atoms with Crippen molar-refractivity contribution in [1.82, 2.24) is 15.2 Å². The minimum atomic E-state index is -1.03. The van der Waals surface area contributed by atoms with Gasteiger partial charge in [-0.1, -0.05) is 31.4 Å². The second-order valence-electron chi connectivity index (χ2n) is 6.31. The number of amides is 4. The normalized spacial score (nSPS) is 19.0. The lowest BCUT2D eigenvalue weighted by molar-refractivity contribution is -0.150. The summed E-state index contributed by atoms with van der Waals surface area (Å²) in [6.07, 6.45) is 3.58. The molecule has 1 aliphatic heterocycles. The van der Waals surface area contributed by atoms with E-state index >= 15 is 0 Å². The van der Waals surface area contributed by atoms with Crippen LogP contribution in [0.2, 0.25) is 5.15 Å². The number of nitrogens with one attached hydrogen (secondary N) is 2. The van der Waals surface area contributed by atoms with Gasteiger partial charge in [0.15, 0.2) is 11.8 Å². The summed E-state index contributed by atoms with van der Waals surface area (Å²) >= 11 is 5.82. The number of hydrogen-bond acceptors (Lipinski definition) is 6. The first-order valence-electron chi connectivity index (χ1n) is 8.47. The van der Waals surface area contributed by atoms with Crippen LogP contribution in [0.25, 0.3) is 0 Å². The van der Waals surface area contributed by atoms with Crippen LogP contribution in [0.5, 0.6) is 0 Å². The highest BCUT2D eigenvalue weighted by Gasteiger charge is 2.47. The fourth-order valence-corrected chi connectivity index (χ4v) is 2.74. The van der Waals surface area contributed by atoms with E-state index < -0.39 is 42.5 Å². The van der Waals surface area contributed by atoms with Gasteiger partial charge >= 0.3 is 12.0 Å². The minimum absolute atomic E-state index is 0.0999. The number of anilines is 1. The molecule has 0 bridgehead atoms. The Morgan fingerprint density at radius 1 is 1.41 bits per heavy atom. The van der Waals surface area contributed by atoms with Gasteiger partial charge in [-0.2, -0.15) is 0 Å². The van der Waals surface area contributed by atoms with E-state index in [-0.39, 0.29) is 10.8 Å². The van der Waals surface area contributed by atoms with Crippen LogP contribution in [0.4, 0.5) is 10.5 Å². The zero-order valence-corrected chi connectivity index (χ0v) is 15.8. The molecule has 146 valence electrons. The van der Waals surface area contributed by atoms with Gasteiger partial charge in [0.25, 0.3) is 11.8 Å². The third-order valence-corrected chi connectivity index (χ3v) is 4.36. The van der Waals surface area contributed by atoms with Gasteiger partial charge < -0.3 is 15.4 Å². The number of carbonyl (C=O) groups excluding carboxylic acids is 4. The molecule has 1 aromatic rings. The van der Waals surface area contributed by atoms with E-state index in [1.807, 2.05) is 6.92 Å². The van der Waals surface area contributed by atoms with Crippen LogP contribution in [-0.4, -0.2) is 52.4 Å². The number of carbonyl (C=O) groups is 4. The summed E-state index contributed by atoms with van der Waals surface area (Å²) in [5.74, 6) is -1.97. The maximum atomic E-state index is 12.4. The second-order valence-corrected chi connectivity index (χ2v) is 6.67. The third-order valence-electron chi connectivity index (χ3n) is 4.06. The average molecular weight is 397 g/mol. The Balaban J connectivity index is 1.85. The predicted octanol–water partition coefficient (Wildman–Crippen LogP) is 1.72. The van der Waals surface area contributed by atoms with E-state index in [4.69, 9.17) is 16.3 Å². The van der Waals surface area contributed by atoms with E-state index in [2.05, 4.69) is 15.6 Å². The van der Waals surface area contributed by atoms with Crippen molar-refractivity contribution in [2.75, 3.05) is 18.5 Å². The Hall–Kier alpha value is -2.68. The second kappa shape index (κ2) is 8.81. The Labute approximate surface area is 161 Å². The zero-order valence-electron chi connectivity index (χ0n) is 15.1. The third kappa shape index (κ3) is 5.16. The van der Waals surface area contributed by atoms with Crippen LogP contribution in [0.15, 0.2) is 18.3 Å². The number of pyridine rings is 1. The van der Waals surface area contributed by atoms with Gasteiger partial charge in [-0.05, 0) is 25.5 Å². The molecule has 2 heterocycles. The van der Waals surface area contributed by atoms with Gasteiger partial charge in [-0.3, -0.25) is 19.3 Å². The molecule has 0 saturated carbocycles. The topological polar surface area (TPSA) is 118 Å². The molecular formula is C17H21ClN4O5. The number of urea groups is 1. The lowest BCUT2D eigenvalue weighted by Gasteiger charge is -2.21. The quantitative estimate of drug-likeness (QED) is 0.392. The number of hydrogen-bond donors (Lipinski definition) is 2. The molecule has 2 rings (SSSR count). The number of nitrogens with zero attached hydrogens (tertiary/aromatic N) is 2. The molecule has 2 N–H and O–H groups in total. The van der Waals surface area contributed by atoms with Crippen LogP contribution in [0, 0.1) is 0 Å². The number of ether oxygens (including phenoxy) is 1. The maximum absolute atomic E-state index is 12.4. The van der Waals surface area contributed by atoms with E-state index in [0.29, 0.717) is 6.42 Å². The van der Waals surface area contributed by atoms with Crippen molar-refractivity contribution in [3.63, 3.8) is 0 Å². The summed E-state index contributed by atoms with van der Waals surface area (Å²) < 4.78 is 4.84. The van der Waals surface area contributed by atoms with Crippen molar-refractivity contribution in [1.29, 1.82) is 0 Å². The molecule has 0 radical (unpaired) electrons. The van der Waals surface area contributed by atoms with Crippen LogP contribution >= 0.6 is 11.6 Å². The summed E-state index contributed by atoms with van der Waals surface area (Å²) in [6, 6.07) is 2.47. The highest BCUT2D eigenvalue weighted by molar-refractivity contribution is 6.32. The van der Waals surface area contributed by atoms with Crippen molar-refractivity contribution >= 4 is 41.1 Å². The smallest absolute Gasteiger partial charge is 0.326 e. The summed E-state index contributed by atoms with van der Waals surface area (Å²) in [4.78, 5) is 52.8. The first-order chi connectivity index (χ1) is 12.8. The number of halogens is 1. The average Bonchev–Trinajstić information content (AvgIpc) is 2.84.